The largest absolute Gasteiger partial charge is 0.334 e. The van der Waals surface area contributed by atoms with Crippen molar-refractivity contribution in [3.8, 4) is 0 Å². The summed E-state index contributed by atoms with van der Waals surface area (Å²) in [6, 6.07) is 13.8. The molecule has 0 aliphatic heterocycles. The highest BCUT2D eigenvalue weighted by Gasteiger charge is 2.18. The van der Waals surface area contributed by atoms with Gasteiger partial charge in [-0.2, -0.15) is 0 Å². The number of amides is 2. The molecule has 0 bridgehead atoms. The van der Waals surface area contributed by atoms with Crippen LogP contribution in [-0.4, -0.2) is 29.8 Å². The fourth-order valence-electron chi connectivity index (χ4n) is 2.84. The van der Waals surface area contributed by atoms with E-state index in [2.05, 4.69) is 5.32 Å². The second kappa shape index (κ2) is 10.6. The minimum atomic E-state index is -0.624. The molecule has 2 rings (SSSR count). The van der Waals surface area contributed by atoms with Crippen molar-refractivity contribution in [2.45, 2.75) is 33.2 Å². The lowest BCUT2D eigenvalue weighted by molar-refractivity contribution is -0.116. The molecular weight excluding hydrogens is 357 g/mol. The Kier molecular flexibility index (Phi) is 8.14. The van der Waals surface area contributed by atoms with Crippen molar-refractivity contribution < 1.29 is 14.0 Å². The summed E-state index contributed by atoms with van der Waals surface area (Å²) < 4.78 is 14.4. The third kappa shape index (κ3) is 6.46. The van der Waals surface area contributed by atoms with Gasteiger partial charge in [-0.05, 0) is 42.6 Å². The number of anilines is 1. The van der Waals surface area contributed by atoms with Gasteiger partial charge in [0.05, 0.1) is 5.69 Å². The molecule has 0 spiro atoms. The number of halogens is 1. The van der Waals surface area contributed by atoms with Gasteiger partial charge >= 0.3 is 0 Å². The minimum Gasteiger partial charge on any atom is -0.334 e. The smallest absolute Gasteiger partial charge is 0.254 e. The van der Waals surface area contributed by atoms with E-state index >= 15 is 0 Å². The molecule has 0 heterocycles. The summed E-state index contributed by atoms with van der Waals surface area (Å²) in [6.45, 7) is 5.21. The average Bonchev–Trinajstić information content (AvgIpc) is 2.66. The van der Waals surface area contributed by atoms with Crippen LogP contribution in [0.1, 0.15) is 42.6 Å². The van der Waals surface area contributed by atoms with Crippen LogP contribution in [0.2, 0.25) is 0 Å². The Morgan fingerprint density at radius 3 is 2.46 bits per heavy atom. The second-order valence-electron chi connectivity index (χ2n) is 7.20. The fraction of sp³-hybridized carbons (Fsp3) is 0.364. The number of hydrogen-bond acceptors (Lipinski definition) is 3. The molecular formula is C22H28FN3O2. The molecule has 0 fully saturated rings. The average molecular weight is 385 g/mol. The van der Waals surface area contributed by atoms with Crippen molar-refractivity contribution in [2.24, 2.45) is 11.7 Å². The van der Waals surface area contributed by atoms with E-state index < -0.39 is 5.82 Å². The highest BCUT2D eigenvalue weighted by molar-refractivity contribution is 5.96. The number of nitrogens with one attached hydrogen (secondary N) is 1. The quantitative estimate of drug-likeness (QED) is 0.689. The monoisotopic (exact) mass is 385 g/mol. The van der Waals surface area contributed by atoms with E-state index in [0.717, 1.165) is 5.56 Å². The van der Waals surface area contributed by atoms with Gasteiger partial charge in [-0.25, -0.2) is 4.39 Å². The molecule has 28 heavy (non-hydrogen) atoms. The summed E-state index contributed by atoms with van der Waals surface area (Å²) >= 11 is 0. The normalized spacial score (nSPS) is 10.8. The van der Waals surface area contributed by atoms with Gasteiger partial charge in [0.2, 0.25) is 5.91 Å². The van der Waals surface area contributed by atoms with Crippen LogP contribution in [0.25, 0.3) is 0 Å². The van der Waals surface area contributed by atoms with E-state index in [1.54, 1.807) is 4.90 Å². The van der Waals surface area contributed by atoms with Crippen molar-refractivity contribution in [3.63, 3.8) is 0 Å². The van der Waals surface area contributed by atoms with Gasteiger partial charge in [0.25, 0.3) is 5.91 Å². The standard InChI is InChI=1S/C22H28FN3O2/c1-16(2)13-21(27)25-20-10-9-18(14-19(20)23)22(28)26(12-6-11-24)15-17-7-4-3-5-8-17/h3-5,7-10,14,16H,6,11-13,15,24H2,1-2H3,(H,25,27). The van der Waals surface area contributed by atoms with Gasteiger partial charge in [-0.1, -0.05) is 44.2 Å². The van der Waals surface area contributed by atoms with E-state index in [9.17, 15) is 14.0 Å². The zero-order chi connectivity index (χ0) is 20.5. The molecule has 0 atom stereocenters. The first-order valence-corrected chi connectivity index (χ1v) is 9.53. The first kappa shape index (κ1) is 21.6. The number of hydrogen-bond donors (Lipinski definition) is 2. The molecule has 6 heteroatoms. The Bertz CT molecular complexity index is 794. The highest BCUT2D eigenvalue weighted by atomic mass is 19.1. The molecule has 3 N–H and O–H groups in total. The fourth-order valence-corrected chi connectivity index (χ4v) is 2.84. The lowest BCUT2D eigenvalue weighted by Gasteiger charge is -2.23. The molecule has 0 aliphatic rings. The van der Waals surface area contributed by atoms with Crippen LogP contribution >= 0.6 is 0 Å². The van der Waals surface area contributed by atoms with Crippen molar-refractivity contribution in [3.05, 3.63) is 65.5 Å². The summed E-state index contributed by atoms with van der Waals surface area (Å²) in [4.78, 5) is 26.4. The molecule has 2 amide bonds. The summed E-state index contributed by atoms with van der Waals surface area (Å²) in [7, 11) is 0. The van der Waals surface area contributed by atoms with Gasteiger partial charge in [0.1, 0.15) is 5.82 Å². The predicted molar refractivity (Wildman–Crippen MR) is 109 cm³/mol. The molecule has 0 saturated carbocycles. The van der Waals surface area contributed by atoms with E-state index in [-0.39, 0.29) is 29.0 Å². The second-order valence-corrected chi connectivity index (χ2v) is 7.20. The Labute approximate surface area is 165 Å². The van der Waals surface area contributed by atoms with E-state index in [4.69, 9.17) is 5.73 Å². The molecule has 0 aliphatic carbocycles. The molecule has 150 valence electrons. The summed E-state index contributed by atoms with van der Waals surface area (Å²) in [5.41, 5.74) is 6.91. The van der Waals surface area contributed by atoms with Crippen LogP contribution in [0.15, 0.2) is 48.5 Å². The third-order valence-corrected chi connectivity index (χ3v) is 4.22. The van der Waals surface area contributed by atoms with Crippen LogP contribution in [0.4, 0.5) is 10.1 Å². The number of carbonyl (C=O) groups is 2. The highest BCUT2D eigenvalue weighted by Crippen LogP contribution is 2.19. The van der Waals surface area contributed by atoms with Gasteiger partial charge in [-0.3, -0.25) is 9.59 Å². The Hall–Kier alpha value is -2.73. The van der Waals surface area contributed by atoms with Crippen LogP contribution in [0.3, 0.4) is 0 Å². The van der Waals surface area contributed by atoms with Gasteiger partial charge in [0.15, 0.2) is 0 Å². The maximum Gasteiger partial charge on any atom is 0.254 e. The van der Waals surface area contributed by atoms with E-state index in [1.807, 2.05) is 44.2 Å². The molecule has 5 nitrogen and oxygen atoms in total. The number of carbonyl (C=O) groups excluding carboxylic acids is 2. The SMILES string of the molecule is CC(C)CC(=O)Nc1ccc(C(=O)N(CCCN)Cc2ccccc2)cc1F. The summed E-state index contributed by atoms with van der Waals surface area (Å²) in [5, 5.41) is 2.56. The van der Waals surface area contributed by atoms with Gasteiger partial charge < -0.3 is 16.0 Å². The number of benzene rings is 2. The first-order valence-electron chi connectivity index (χ1n) is 9.53. The van der Waals surface area contributed by atoms with Gasteiger partial charge in [-0.15, -0.1) is 0 Å². The van der Waals surface area contributed by atoms with Crippen LogP contribution in [-0.2, 0) is 11.3 Å². The van der Waals surface area contributed by atoms with Crippen LogP contribution < -0.4 is 11.1 Å². The molecule has 2 aromatic carbocycles. The summed E-state index contributed by atoms with van der Waals surface area (Å²) in [6.07, 6.45) is 0.967. The Morgan fingerprint density at radius 2 is 1.86 bits per heavy atom. The topological polar surface area (TPSA) is 75.4 Å². The zero-order valence-corrected chi connectivity index (χ0v) is 16.5. The maximum atomic E-state index is 14.4. The third-order valence-electron chi connectivity index (χ3n) is 4.22. The molecule has 0 saturated heterocycles. The predicted octanol–water partition coefficient (Wildman–Crippen LogP) is 3.80. The van der Waals surface area contributed by atoms with Gasteiger partial charge in [0, 0.05) is 25.1 Å². The first-order chi connectivity index (χ1) is 13.4. The maximum absolute atomic E-state index is 14.4. The summed E-state index contributed by atoms with van der Waals surface area (Å²) in [5.74, 6) is -0.961. The van der Waals surface area contributed by atoms with E-state index in [0.29, 0.717) is 32.5 Å². The van der Waals surface area contributed by atoms with Crippen LogP contribution in [0, 0.1) is 11.7 Å². The van der Waals surface area contributed by atoms with Crippen molar-refractivity contribution >= 4 is 17.5 Å². The van der Waals surface area contributed by atoms with E-state index in [1.165, 1.54) is 18.2 Å². The van der Waals surface area contributed by atoms with Crippen molar-refractivity contribution in [2.75, 3.05) is 18.4 Å². The number of rotatable bonds is 9. The Morgan fingerprint density at radius 1 is 1.14 bits per heavy atom. The van der Waals surface area contributed by atoms with Crippen LogP contribution in [0.5, 0.6) is 0 Å². The zero-order valence-electron chi connectivity index (χ0n) is 16.5. The lowest BCUT2D eigenvalue weighted by Crippen LogP contribution is -2.32. The molecule has 0 radical (unpaired) electrons. The number of nitrogens with zero attached hydrogens (tertiary/aromatic N) is 1. The molecule has 2 aromatic rings. The van der Waals surface area contributed by atoms with Crippen molar-refractivity contribution in [1.82, 2.24) is 4.90 Å². The minimum absolute atomic E-state index is 0.0822. The van der Waals surface area contributed by atoms with Crippen molar-refractivity contribution in [1.29, 1.82) is 0 Å². The Balaban J connectivity index is 2.14. The number of nitrogens with two attached hydrogens (primary N) is 1. The lowest BCUT2D eigenvalue weighted by atomic mass is 10.1. The molecule has 0 aromatic heterocycles. The molecule has 0 unspecified atom stereocenters.